The molecule has 0 amide bonds. The molecule has 0 unspecified atom stereocenters. The second-order valence-electron chi connectivity index (χ2n) is 3.93. The van der Waals surface area contributed by atoms with Crippen LogP contribution in [0.1, 0.15) is 5.69 Å². The van der Waals surface area contributed by atoms with E-state index in [4.69, 9.17) is 0 Å². The monoisotopic (exact) mass is 257 g/mol. The summed E-state index contributed by atoms with van der Waals surface area (Å²) in [4.78, 5) is 8.58. The lowest BCUT2D eigenvalue weighted by Crippen LogP contribution is -1.96. The average Bonchev–Trinajstić information content (AvgIpc) is 3.02. The maximum atomic E-state index is 9.25. The average molecular weight is 257 g/mol. The second kappa shape index (κ2) is 4.62. The summed E-state index contributed by atoms with van der Waals surface area (Å²) in [5.74, 6) is 0.272. The summed E-state index contributed by atoms with van der Waals surface area (Å²) in [6.45, 7) is 0.731. The molecule has 2 heterocycles. The van der Waals surface area contributed by atoms with Crippen molar-refractivity contribution in [1.29, 1.82) is 0 Å². The molecule has 0 aliphatic rings. The summed E-state index contributed by atoms with van der Waals surface area (Å²) in [6.07, 6.45) is 5.45. The quantitative estimate of drug-likeness (QED) is 0.785. The van der Waals surface area contributed by atoms with Crippen molar-refractivity contribution < 1.29 is 5.11 Å². The third-order valence-corrected chi connectivity index (χ3v) is 3.51. The molecule has 0 fully saturated rings. The van der Waals surface area contributed by atoms with Gasteiger partial charge in [-0.2, -0.15) is 0 Å². The molecule has 90 valence electrons. The van der Waals surface area contributed by atoms with E-state index in [0.717, 1.165) is 22.8 Å². The Morgan fingerprint density at radius 2 is 2.06 bits per heavy atom. The lowest BCUT2D eigenvalue weighted by atomic mass is 10.2. The van der Waals surface area contributed by atoms with Gasteiger partial charge >= 0.3 is 0 Å². The normalized spacial score (nSPS) is 10.7. The number of nitrogens with zero attached hydrogens (tertiary/aromatic N) is 3. The summed E-state index contributed by atoms with van der Waals surface area (Å²) in [5.41, 5.74) is 2.04. The highest BCUT2D eigenvalue weighted by molar-refractivity contribution is 7.13. The van der Waals surface area contributed by atoms with Crippen molar-refractivity contribution in [3.63, 3.8) is 0 Å². The van der Waals surface area contributed by atoms with E-state index in [1.54, 1.807) is 36.0 Å². The highest BCUT2D eigenvalue weighted by Gasteiger charge is 2.05. The van der Waals surface area contributed by atoms with Gasteiger partial charge in [-0.25, -0.2) is 9.97 Å². The fourth-order valence-corrected chi connectivity index (χ4v) is 2.50. The fourth-order valence-electron chi connectivity index (χ4n) is 1.68. The minimum Gasteiger partial charge on any atom is -0.508 e. The van der Waals surface area contributed by atoms with Gasteiger partial charge in [0.25, 0.3) is 0 Å². The van der Waals surface area contributed by atoms with Crippen LogP contribution in [0.15, 0.2) is 48.4 Å². The Morgan fingerprint density at radius 1 is 1.22 bits per heavy atom. The Morgan fingerprint density at radius 3 is 2.78 bits per heavy atom. The number of aromatic nitrogens is 3. The first-order valence-corrected chi connectivity index (χ1v) is 6.39. The zero-order valence-corrected chi connectivity index (χ0v) is 10.3. The smallest absolute Gasteiger partial charge is 0.123 e. The Kier molecular flexibility index (Phi) is 2.82. The van der Waals surface area contributed by atoms with Gasteiger partial charge in [0.15, 0.2) is 0 Å². The molecule has 0 atom stereocenters. The van der Waals surface area contributed by atoms with Gasteiger partial charge in [0.2, 0.25) is 0 Å². The van der Waals surface area contributed by atoms with Crippen molar-refractivity contribution in [1.82, 2.24) is 14.5 Å². The zero-order valence-electron chi connectivity index (χ0n) is 9.52. The van der Waals surface area contributed by atoms with E-state index in [2.05, 4.69) is 9.97 Å². The molecule has 18 heavy (non-hydrogen) atoms. The summed E-state index contributed by atoms with van der Waals surface area (Å²) >= 11 is 1.60. The van der Waals surface area contributed by atoms with Gasteiger partial charge in [0, 0.05) is 23.3 Å². The molecule has 0 aliphatic carbocycles. The molecule has 1 aromatic carbocycles. The molecule has 0 radical (unpaired) electrons. The Bertz CT molecular complexity index is 629. The topological polar surface area (TPSA) is 50.9 Å². The summed E-state index contributed by atoms with van der Waals surface area (Å²) in [5, 5.41) is 12.3. The van der Waals surface area contributed by atoms with Gasteiger partial charge in [-0.15, -0.1) is 11.3 Å². The van der Waals surface area contributed by atoms with Crippen LogP contribution >= 0.6 is 11.3 Å². The number of hydrogen-bond acceptors (Lipinski definition) is 4. The molecule has 4 nitrogen and oxygen atoms in total. The molecular formula is C13H11N3OS. The van der Waals surface area contributed by atoms with Gasteiger partial charge in [-0.1, -0.05) is 0 Å². The summed E-state index contributed by atoms with van der Waals surface area (Å²) < 4.78 is 1.98. The van der Waals surface area contributed by atoms with Crippen molar-refractivity contribution >= 4 is 11.3 Å². The SMILES string of the molecule is Oc1ccc(-c2nc(Cn3ccnc3)cs2)cc1. The van der Waals surface area contributed by atoms with Crippen molar-refractivity contribution in [3.05, 3.63) is 54.1 Å². The van der Waals surface area contributed by atoms with Crippen LogP contribution in [0.25, 0.3) is 10.6 Å². The van der Waals surface area contributed by atoms with Crippen LogP contribution in [0.4, 0.5) is 0 Å². The van der Waals surface area contributed by atoms with Gasteiger partial charge < -0.3 is 9.67 Å². The number of rotatable bonds is 3. The van der Waals surface area contributed by atoms with E-state index in [1.807, 2.05) is 28.3 Å². The van der Waals surface area contributed by atoms with Gasteiger partial charge in [0.05, 0.1) is 18.6 Å². The van der Waals surface area contributed by atoms with E-state index in [9.17, 15) is 5.11 Å². The molecule has 2 aromatic heterocycles. The predicted octanol–water partition coefficient (Wildman–Crippen LogP) is 2.76. The lowest BCUT2D eigenvalue weighted by molar-refractivity contribution is 0.475. The third kappa shape index (κ3) is 2.26. The van der Waals surface area contributed by atoms with Gasteiger partial charge in [0.1, 0.15) is 10.8 Å². The maximum absolute atomic E-state index is 9.25. The number of phenols is 1. The molecular weight excluding hydrogens is 246 g/mol. The minimum absolute atomic E-state index is 0.272. The Labute approximate surface area is 108 Å². The Hall–Kier alpha value is -2.14. The Balaban J connectivity index is 1.83. The summed E-state index contributed by atoms with van der Waals surface area (Å²) in [6, 6.07) is 7.09. The number of imidazole rings is 1. The molecule has 0 bridgehead atoms. The van der Waals surface area contributed by atoms with Crippen molar-refractivity contribution in [2.24, 2.45) is 0 Å². The first kappa shape index (κ1) is 11.0. The van der Waals surface area contributed by atoms with Crippen molar-refractivity contribution in [3.8, 4) is 16.3 Å². The minimum atomic E-state index is 0.272. The highest BCUT2D eigenvalue weighted by atomic mass is 32.1. The van der Waals surface area contributed by atoms with E-state index in [1.165, 1.54) is 0 Å². The van der Waals surface area contributed by atoms with Crippen LogP contribution in [0, 0.1) is 0 Å². The molecule has 0 aliphatic heterocycles. The maximum Gasteiger partial charge on any atom is 0.123 e. The standard InChI is InChI=1S/C13H11N3OS/c17-12-3-1-10(2-4-12)13-15-11(8-18-13)7-16-6-5-14-9-16/h1-6,8-9,17H,7H2. The second-order valence-corrected chi connectivity index (χ2v) is 4.78. The molecule has 3 rings (SSSR count). The molecule has 1 N–H and O–H groups in total. The number of benzene rings is 1. The van der Waals surface area contributed by atoms with Crippen molar-refractivity contribution in [2.75, 3.05) is 0 Å². The molecule has 5 heteroatoms. The van der Waals surface area contributed by atoms with Gasteiger partial charge in [-0.3, -0.25) is 0 Å². The van der Waals surface area contributed by atoms with Gasteiger partial charge in [-0.05, 0) is 24.3 Å². The molecule has 0 saturated carbocycles. The zero-order chi connectivity index (χ0) is 12.4. The first-order chi connectivity index (χ1) is 8.81. The van der Waals surface area contributed by atoms with Crippen LogP contribution in [0.2, 0.25) is 0 Å². The van der Waals surface area contributed by atoms with Crippen LogP contribution in [0.5, 0.6) is 5.75 Å². The van der Waals surface area contributed by atoms with E-state index in [-0.39, 0.29) is 5.75 Å². The number of aromatic hydroxyl groups is 1. The molecule has 3 aromatic rings. The molecule has 0 spiro atoms. The number of phenolic OH excluding ortho intramolecular Hbond substituents is 1. The predicted molar refractivity (Wildman–Crippen MR) is 70.5 cm³/mol. The van der Waals surface area contributed by atoms with E-state index < -0.39 is 0 Å². The first-order valence-electron chi connectivity index (χ1n) is 5.51. The number of hydrogen-bond donors (Lipinski definition) is 1. The van der Waals surface area contributed by atoms with Crippen molar-refractivity contribution in [2.45, 2.75) is 6.54 Å². The van der Waals surface area contributed by atoms with Crippen LogP contribution in [-0.2, 0) is 6.54 Å². The molecule has 0 saturated heterocycles. The summed E-state index contributed by atoms with van der Waals surface area (Å²) in [7, 11) is 0. The largest absolute Gasteiger partial charge is 0.508 e. The van der Waals surface area contributed by atoms with E-state index >= 15 is 0 Å². The lowest BCUT2D eigenvalue weighted by Gasteiger charge is -1.98. The van der Waals surface area contributed by atoms with Crippen LogP contribution < -0.4 is 0 Å². The van der Waals surface area contributed by atoms with Crippen LogP contribution in [0.3, 0.4) is 0 Å². The van der Waals surface area contributed by atoms with E-state index in [0.29, 0.717) is 0 Å². The van der Waals surface area contributed by atoms with Crippen LogP contribution in [-0.4, -0.2) is 19.6 Å². The third-order valence-electron chi connectivity index (χ3n) is 2.57. The fraction of sp³-hybridized carbons (Fsp3) is 0.0769. The highest BCUT2D eigenvalue weighted by Crippen LogP contribution is 2.25. The number of thiazole rings is 1.